The zero-order chi connectivity index (χ0) is 11.6. The predicted molar refractivity (Wildman–Crippen MR) is 61.8 cm³/mol. The van der Waals surface area contributed by atoms with E-state index in [4.69, 9.17) is 5.26 Å². The van der Waals surface area contributed by atoms with Gasteiger partial charge in [-0.15, -0.1) is 0 Å². The fourth-order valence-corrected chi connectivity index (χ4v) is 2.23. The van der Waals surface area contributed by atoms with E-state index in [9.17, 15) is 0 Å². The molecule has 0 spiro atoms. The van der Waals surface area contributed by atoms with Crippen molar-refractivity contribution in [1.82, 2.24) is 9.97 Å². The first-order valence-corrected chi connectivity index (χ1v) is 5.58. The highest BCUT2D eigenvalue weighted by atomic mass is 15.0. The van der Waals surface area contributed by atoms with Gasteiger partial charge in [-0.25, -0.2) is 9.97 Å². The normalized spacial score (nSPS) is 22.7. The van der Waals surface area contributed by atoms with E-state index in [1.165, 1.54) is 19.0 Å². The molecule has 0 bridgehead atoms. The smallest absolute Gasteiger partial charge is 0.158 e. The van der Waals surface area contributed by atoms with Crippen LogP contribution in [0.5, 0.6) is 0 Å². The van der Waals surface area contributed by atoms with Crippen molar-refractivity contribution in [2.45, 2.75) is 39.2 Å². The van der Waals surface area contributed by atoms with Crippen molar-refractivity contribution in [2.75, 3.05) is 5.32 Å². The molecule has 16 heavy (non-hydrogen) atoms. The van der Waals surface area contributed by atoms with Gasteiger partial charge in [0.15, 0.2) is 5.69 Å². The van der Waals surface area contributed by atoms with Crippen LogP contribution in [0.3, 0.4) is 0 Å². The maximum absolute atomic E-state index is 8.61. The molecule has 4 nitrogen and oxygen atoms in total. The maximum Gasteiger partial charge on any atom is 0.158 e. The summed E-state index contributed by atoms with van der Waals surface area (Å²) in [6.07, 6.45) is 6.71. The van der Waals surface area contributed by atoms with Gasteiger partial charge in [0, 0.05) is 6.04 Å². The number of nitriles is 1. The SMILES string of the molecule is CC1(C)CCC(Nc2cnc(C#N)cn2)C1. The summed E-state index contributed by atoms with van der Waals surface area (Å²) in [5.74, 6) is 0.765. The molecule has 1 saturated carbocycles. The molecule has 0 saturated heterocycles. The first kappa shape index (κ1) is 10.9. The molecule has 4 heteroatoms. The fraction of sp³-hybridized carbons (Fsp3) is 0.583. The Morgan fingerprint density at radius 3 is 2.75 bits per heavy atom. The number of rotatable bonds is 2. The first-order valence-electron chi connectivity index (χ1n) is 5.58. The highest BCUT2D eigenvalue weighted by Gasteiger charge is 2.30. The molecule has 1 aliphatic carbocycles. The Bertz CT molecular complexity index is 402. The average molecular weight is 216 g/mol. The predicted octanol–water partition coefficient (Wildman–Crippen LogP) is 2.34. The van der Waals surface area contributed by atoms with Crippen molar-refractivity contribution < 1.29 is 0 Å². The van der Waals surface area contributed by atoms with E-state index in [2.05, 4.69) is 29.1 Å². The van der Waals surface area contributed by atoms with Crippen molar-refractivity contribution in [3.63, 3.8) is 0 Å². The van der Waals surface area contributed by atoms with Gasteiger partial charge in [-0.05, 0) is 24.7 Å². The minimum Gasteiger partial charge on any atom is -0.366 e. The molecule has 1 atom stereocenters. The van der Waals surface area contributed by atoms with Gasteiger partial charge in [0.1, 0.15) is 11.9 Å². The van der Waals surface area contributed by atoms with Crippen LogP contribution in [0.25, 0.3) is 0 Å². The highest BCUT2D eigenvalue weighted by molar-refractivity contribution is 5.34. The van der Waals surface area contributed by atoms with E-state index in [1.807, 2.05) is 6.07 Å². The minimum absolute atomic E-state index is 0.359. The standard InChI is InChI=1S/C12H16N4/c1-12(2)4-3-9(5-12)16-11-8-14-10(6-13)7-15-11/h7-9H,3-5H2,1-2H3,(H,15,16). The summed E-state index contributed by atoms with van der Waals surface area (Å²) in [5.41, 5.74) is 0.787. The molecule has 1 aliphatic rings. The van der Waals surface area contributed by atoms with E-state index < -0.39 is 0 Å². The summed E-state index contributed by atoms with van der Waals surface area (Å²) in [5, 5.41) is 12.0. The molecule has 1 heterocycles. The number of hydrogen-bond acceptors (Lipinski definition) is 4. The van der Waals surface area contributed by atoms with Gasteiger partial charge in [0.05, 0.1) is 12.4 Å². The number of hydrogen-bond donors (Lipinski definition) is 1. The van der Waals surface area contributed by atoms with Gasteiger partial charge < -0.3 is 5.32 Å². The lowest BCUT2D eigenvalue weighted by Crippen LogP contribution is -2.18. The van der Waals surface area contributed by atoms with Crippen LogP contribution in [0.15, 0.2) is 12.4 Å². The molecule has 84 valence electrons. The quantitative estimate of drug-likeness (QED) is 0.824. The van der Waals surface area contributed by atoms with E-state index in [-0.39, 0.29) is 0 Å². The second-order valence-electron chi connectivity index (χ2n) is 5.15. The number of anilines is 1. The molecule has 1 N–H and O–H groups in total. The lowest BCUT2D eigenvalue weighted by Gasteiger charge is -2.17. The maximum atomic E-state index is 8.61. The Balaban J connectivity index is 1.97. The summed E-state index contributed by atoms with van der Waals surface area (Å²) in [7, 11) is 0. The van der Waals surface area contributed by atoms with Gasteiger partial charge in [-0.1, -0.05) is 13.8 Å². The molecule has 1 aromatic rings. The summed E-state index contributed by atoms with van der Waals surface area (Å²) in [6, 6.07) is 2.44. The van der Waals surface area contributed by atoms with Gasteiger partial charge in [-0.3, -0.25) is 0 Å². The van der Waals surface area contributed by atoms with Crippen LogP contribution in [-0.2, 0) is 0 Å². The number of nitrogens with zero attached hydrogens (tertiary/aromatic N) is 3. The van der Waals surface area contributed by atoms with Crippen molar-refractivity contribution >= 4 is 5.82 Å². The van der Waals surface area contributed by atoms with Gasteiger partial charge in [0.2, 0.25) is 0 Å². The molecule has 1 aromatic heterocycles. The second kappa shape index (κ2) is 4.09. The average Bonchev–Trinajstić information content (AvgIpc) is 2.59. The summed E-state index contributed by atoms with van der Waals surface area (Å²) in [6.45, 7) is 4.58. The van der Waals surface area contributed by atoms with E-state index in [0.29, 0.717) is 17.2 Å². The van der Waals surface area contributed by atoms with E-state index >= 15 is 0 Å². The molecule has 0 aliphatic heterocycles. The minimum atomic E-state index is 0.359. The van der Waals surface area contributed by atoms with Crippen molar-refractivity contribution in [1.29, 1.82) is 5.26 Å². The molecule has 0 amide bonds. The van der Waals surface area contributed by atoms with E-state index in [1.54, 1.807) is 6.20 Å². The zero-order valence-electron chi connectivity index (χ0n) is 9.70. The largest absolute Gasteiger partial charge is 0.366 e. The molecular formula is C12H16N4. The van der Waals surface area contributed by atoms with Gasteiger partial charge in [0.25, 0.3) is 0 Å². The first-order chi connectivity index (χ1) is 7.59. The Kier molecular flexibility index (Phi) is 2.78. The van der Waals surface area contributed by atoms with Crippen molar-refractivity contribution in [3.05, 3.63) is 18.1 Å². The van der Waals surface area contributed by atoms with Crippen LogP contribution in [0.2, 0.25) is 0 Å². The van der Waals surface area contributed by atoms with Crippen LogP contribution in [0.4, 0.5) is 5.82 Å². The number of nitrogens with one attached hydrogen (secondary N) is 1. The van der Waals surface area contributed by atoms with E-state index in [0.717, 1.165) is 12.2 Å². The van der Waals surface area contributed by atoms with Crippen LogP contribution in [0, 0.1) is 16.7 Å². The third kappa shape index (κ3) is 2.48. The lowest BCUT2D eigenvalue weighted by molar-refractivity contribution is 0.378. The number of aromatic nitrogens is 2. The summed E-state index contributed by atoms with van der Waals surface area (Å²) < 4.78 is 0. The van der Waals surface area contributed by atoms with Crippen LogP contribution >= 0.6 is 0 Å². The Morgan fingerprint density at radius 1 is 1.44 bits per heavy atom. The Labute approximate surface area is 95.7 Å². The van der Waals surface area contributed by atoms with Crippen molar-refractivity contribution in [2.24, 2.45) is 5.41 Å². The van der Waals surface area contributed by atoms with Crippen LogP contribution in [0.1, 0.15) is 38.8 Å². The summed E-state index contributed by atoms with van der Waals surface area (Å²) >= 11 is 0. The molecule has 0 radical (unpaired) electrons. The third-order valence-corrected chi connectivity index (χ3v) is 3.09. The van der Waals surface area contributed by atoms with Crippen LogP contribution in [-0.4, -0.2) is 16.0 Å². The Hall–Kier alpha value is -1.63. The summed E-state index contributed by atoms with van der Waals surface area (Å²) in [4.78, 5) is 8.15. The van der Waals surface area contributed by atoms with Crippen LogP contribution < -0.4 is 5.32 Å². The topological polar surface area (TPSA) is 61.6 Å². The second-order valence-corrected chi connectivity index (χ2v) is 5.15. The molecule has 1 unspecified atom stereocenters. The lowest BCUT2D eigenvalue weighted by atomic mass is 9.92. The Morgan fingerprint density at radius 2 is 2.25 bits per heavy atom. The van der Waals surface area contributed by atoms with Gasteiger partial charge >= 0.3 is 0 Å². The molecule has 0 aromatic carbocycles. The molecule has 1 fully saturated rings. The molecular weight excluding hydrogens is 200 g/mol. The monoisotopic (exact) mass is 216 g/mol. The third-order valence-electron chi connectivity index (χ3n) is 3.09. The zero-order valence-corrected chi connectivity index (χ0v) is 9.70. The van der Waals surface area contributed by atoms with Gasteiger partial charge in [-0.2, -0.15) is 5.26 Å². The molecule has 2 rings (SSSR count). The highest BCUT2D eigenvalue weighted by Crippen LogP contribution is 2.37. The van der Waals surface area contributed by atoms with Crippen molar-refractivity contribution in [3.8, 4) is 6.07 Å². The fourth-order valence-electron chi connectivity index (χ4n) is 2.23.